The summed E-state index contributed by atoms with van der Waals surface area (Å²) < 4.78 is 0. The van der Waals surface area contributed by atoms with E-state index in [0.717, 1.165) is 6.42 Å². The van der Waals surface area contributed by atoms with Crippen LogP contribution in [0.4, 0.5) is 0 Å². The molecule has 0 saturated heterocycles. The SMILES string of the molecule is CC(C)(C)OOC(=O)C(C)(C)C.CCC(C)(C)CC(C)(C)C(=O)OO. The molecule has 0 heterocycles. The van der Waals surface area contributed by atoms with Gasteiger partial charge in [0, 0.05) is 0 Å². The number of rotatable bonds is 5. The Balaban J connectivity index is 0. The monoisotopic (exact) mass is 362 g/mol. The summed E-state index contributed by atoms with van der Waals surface area (Å²) in [6.45, 7) is 20.6. The van der Waals surface area contributed by atoms with Gasteiger partial charge < -0.3 is 4.89 Å². The van der Waals surface area contributed by atoms with Gasteiger partial charge in [0.1, 0.15) is 5.60 Å². The quantitative estimate of drug-likeness (QED) is 0.537. The van der Waals surface area contributed by atoms with Crippen LogP contribution in [0.2, 0.25) is 0 Å². The zero-order valence-electron chi connectivity index (χ0n) is 17.9. The molecule has 150 valence electrons. The lowest BCUT2D eigenvalue weighted by atomic mass is 9.74. The maximum Gasteiger partial charge on any atom is 0.347 e. The van der Waals surface area contributed by atoms with Gasteiger partial charge in [0.2, 0.25) is 0 Å². The summed E-state index contributed by atoms with van der Waals surface area (Å²) in [6.07, 6.45) is 1.70. The Hall–Kier alpha value is -1.14. The first kappa shape index (κ1) is 26.1. The molecule has 0 saturated carbocycles. The molecule has 0 aromatic carbocycles. The van der Waals surface area contributed by atoms with E-state index < -0.39 is 22.4 Å². The van der Waals surface area contributed by atoms with Crippen molar-refractivity contribution in [2.75, 3.05) is 0 Å². The minimum absolute atomic E-state index is 0.0949. The largest absolute Gasteiger partial charge is 0.347 e. The van der Waals surface area contributed by atoms with E-state index in [1.165, 1.54) is 0 Å². The van der Waals surface area contributed by atoms with Crippen molar-refractivity contribution in [3.05, 3.63) is 0 Å². The van der Waals surface area contributed by atoms with E-state index in [0.29, 0.717) is 6.42 Å². The highest BCUT2D eigenvalue weighted by Crippen LogP contribution is 2.36. The third kappa shape index (κ3) is 12.8. The molecule has 0 radical (unpaired) electrons. The van der Waals surface area contributed by atoms with Gasteiger partial charge in [0.05, 0.1) is 10.8 Å². The Labute approximate surface area is 153 Å². The number of carbonyl (C=O) groups excluding carboxylic acids is 2. The van der Waals surface area contributed by atoms with E-state index in [2.05, 4.69) is 30.5 Å². The number of hydrogen-bond donors (Lipinski definition) is 1. The van der Waals surface area contributed by atoms with Gasteiger partial charge in [-0.15, -0.1) is 0 Å². The molecule has 1 N–H and O–H groups in total. The molecule has 0 aliphatic rings. The van der Waals surface area contributed by atoms with Gasteiger partial charge in [-0.25, -0.2) is 9.59 Å². The standard InChI is InChI=1S/C10H20O3.C9H18O3/c1-6-9(2,3)7-10(4,5)8(11)13-12;1-8(2,3)7(10)11-12-9(4,5)6/h12H,6-7H2,1-5H3;1-6H3. The van der Waals surface area contributed by atoms with Gasteiger partial charge >= 0.3 is 11.9 Å². The van der Waals surface area contributed by atoms with Crippen molar-refractivity contribution < 1.29 is 29.5 Å². The van der Waals surface area contributed by atoms with Crippen LogP contribution in [0.5, 0.6) is 0 Å². The minimum atomic E-state index is -0.617. The van der Waals surface area contributed by atoms with Crippen LogP contribution in [0.25, 0.3) is 0 Å². The van der Waals surface area contributed by atoms with Gasteiger partial charge in [-0.2, -0.15) is 10.1 Å². The second kappa shape index (κ2) is 9.53. The van der Waals surface area contributed by atoms with Crippen LogP contribution < -0.4 is 0 Å². The van der Waals surface area contributed by atoms with Gasteiger partial charge in [-0.3, -0.25) is 4.89 Å². The fraction of sp³-hybridized carbons (Fsp3) is 0.895. The lowest BCUT2D eigenvalue weighted by molar-refractivity contribution is -0.325. The van der Waals surface area contributed by atoms with E-state index in [1.807, 2.05) is 20.8 Å². The molecule has 6 nitrogen and oxygen atoms in total. The van der Waals surface area contributed by atoms with E-state index in [-0.39, 0.29) is 11.4 Å². The Bertz CT molecular complexity index is 424. The van der Waals surface area contributed by atoms with E-state index in [9.17, 15) is 9.59 Å². The summed E-state index contributed by atoms with van der Waals surface area (Å²) in [6, 6.07) is 0. The summed E-state index contributed by atoms with van der Waals surface area (Å²) in [4.78, 5) is 35.6. The Kier molecular flexibility index (Phi) is 9.94. The molecule has 25 heavy (non-hydrogen) atoms. The van der Waals surface area contributed by atoms with Gasteiger partial charge in [0.15, 0.2) is 0 Å². The Morgan fingerprint density at radius 2 is 1.28 bits per heavy atom. The van der Waals surface area contributed by atoms with Crippen LogP contribution >= 0.6 is 0 Å². The average Bonchev–Trinajstić information content (AvgIpc) is 2.41. The topological polar surface area (TPSA) is 82.1 Å². The van der Waals surface area contributed by atoms with Gasteiger partial charge in [0.25, 0.3) is 0 Å². The van der Waals surface area contributed by atoms with Crippen LogP contribution in [-0.4, -0.2) is 22.8 Å². The fourth-order valence-corrected chi connectivity index (χ4v) is 1.80. The summed E-state index contributed by atoms with van der Waals surface area (Å²) >= 11 is 0. The molecule has 0 aliphatic heterocycles. The van der Waals surface area contributed by atoms with Crippen molar-refractivity contribution >= 4 is 11.9 Å². The molecule has 6 heteroatoms. The first-order valence-corrected chi connectivity index (χ1v) is 8.64. The van der Waals surface area contributed by atoms with E-state index in [1.54, 1.807) is 34.6 Å². The maximum absolute atomic E-state index is 11.2. The Morgan fingerprint density at radius 3 is 1.56 bits per heavy atom. The molecule has 0 aliphatic carbocycles. The zero-order chi connectivity index (χ0) is 20.7. The summed E-state index contributed by atoms with van der Waals surface area (Å²) in [5.41, 5.74) is -1.47. The normalized spacial score (nSPS) is 12.8. The molecule has 0 unspecified atom stereocenters. The molecular weight excluding hydrogens is 324 g/mol. The highest BCUT2D eigenvalue weighted by molar-refractivity contribution is 5.75. The van der Waals surface area contributed by atoms with Crippen LogP contribution in [0, 0.1) is 16.2 Å². The average molecular weight is 363 g/mol. The highest BCUT2D eigenvalue weighted by atomic mass is 17.2. The van der Waals surface area contributed by atoms with Crippen molar-refractivity contribution in [3.8, 4) is 0 Å². The van der Waals surface area contributed by atoms with Crippen LogP contribution in [0.3, 0.4) is 0 Å². The predicted octanol–water partition coefficient (Wildman–Crippen LogP) is 5.16. The summed E-state index contributed by atoms with van der Waals surface area (Å²) in [5.74, 6) is -0.911. The Morgan fingerprint density at radius 1 is 0.840 bits per heavy atom. The van der Waals surface area contributed by atoms with Crippen LogP contribution in [0.15, 0.2) is 0 Å². The van der Waals surface area contributed by atoms with Gasteiger partial charge in [-0.1, -0.05) is 27.2 Å². The lowest BCUT2D eigenvalue weighted by Crippen LogP contribution is -2.31. The lowest BCUT2D eigenvalue weighted by Gasteiger charge is -2.31. The highest BCUT2D eigenvalue weighted by Gasteiger charge is 2.35. The first-order chi connectivity index (χ1) is 10.9. The molecule has 0 atom stereocenters. The molecule has 0 aromatic rings. The molecule has 0 spiro atoms. The molecule has 0 rings (SSSR count). The third-order valence-corrected chi connectivity index (χ3v) is 3.49. The summed E-state index contributed by atoms with van der Waals surface area (Å²) in [7, 11) is 0. The van der Waals surface area contributed by atoms with Crippen molar-refractivity contribution in [1.29, 1.82) is 0 Å². The smallest absolute Gasteiger partial charge is 0.300 e. The van der Waals surface area contributed by atoms with Crippen molar-refractivity contribution in [2.45, 2.75) is 94.6 Å². The van der Waals surface area contributed by atoms with E-state index in [4.69, 9.17) is 10.1 Å². The third-order valence-electron chi connectivity index (χ3n) is 3.49. The van der Waals surface area contributed by atoms with Crippen molar-refractivity contribution in [3.63, 3.8) is 0 Å². The van der Waals surface area contributed by atoms with Gasteiger partial charge in [-0.05, 0) is 67.2 Å². The molecular formula is C19H38O6. The molecule has 0 bridgehead atoms. The van der Waals surface area contributed by atoms with Crippen LogP contribution in [0.1, 0.15) is 89.0 Å². The minimum Gasteiger partial charge on any atom is -0.300 e. The van der Waals surface area contributed by atoms with Crippen molar-refractivity contribution in [2.24, 2.45) is 16.2 Å². The zero-order valence-corrected chi connectivity index (χ0v) is 17.9. The van der Waals surface area contributed by atoms with Crippen LogP contribution in [-0.2, 0) is 24.3 Å². The second-order valence-corrected chi connectivity index (χ2v) is 9.77. The first-order valence-electron chi connectivity index (χ1n) is 8.64. The molecule has 0 fully saturated rings. The predicted molar refractivity (Wildman–Crippen MR) is 97.6 cm³/mol. The number of carbonyl (C=O) groups is 2. The van der Waals surface area contributed by atoms with E-state index >= 15 is 0 Å². The maximum atomic E-state index is 11.2. The second-order valence-electron chi connectivity index (χ2n) is 9.77. The summed E-state index contributed by atoms with van der Waals surface area (Å²) in [5, 5.41) is 8.29. The molecule has 0 aromatic heterocycles. The molecule has 0 amide bonds. The van der Waals surface area contributed by atoms with Crippen molar-refractivity contribution in [1.82, 2.24) is 0 Å². The fourth-order valence-electron chi connectivity index (χ4n) is 1.80. The number of hydrogen-bond acceptors (Lipinski definition) is 6.